The number of benzene rings is 2. The minimum atomic E-state index is -0.441. The average molecular weight is 426 g/mol. The number of carbonyl (C=O) groups excluding carboxylic acids is 3. The molecule has 1 aliphatic rings. The molecule has 0 saturated carbocycles. The molecule has 0 unspecified atom stereocenters. The molecule has 0 spiro atoms. The van der Waals surface area contributed by atoms with Crippen molar-refractivity contribution in [2.75, 3.05) is 39.4 Å². The molecule has 1 aliphatic heterocycles. The average Bonchev–Trinajstić information content (AvgIpc) is 2.78. The third-order valence-electron chi connectivity index (χ3n) is 4.76. The van der Waals surface area contributed by atoms with Crippen molar-refractivity contribution >= 4 is 17.8 Å². The van der Waals surface area contributed by atoms with Gasteiger partial charge in [-0.3, -0.25) is 14.4 Å². The Labute approximate surface area is 181 Å². The molecule has 3 rings (SSSR count). The Kier molecular flexibility index (Phi) is 7.48. The summed E-state index contributed by atoms with van der Waals surface area (Å²) in [6, 6.07) is 13.6. The molecule has 0 atom stereocenters. The summed E-state index contributed by atoms with van der Waals surface area (Å²) in [5, 5.41) is 0. The second-order valence-corrected chi connectivity index (χ2v) is 6.99. The minimum Gasteiger partial charge on any atom is -0.494 e. The van der Waals surface area contributed by atoms with E-state index in [1.807, 2.05) is 6.92 Å². The molecule has 1 fully saturated rings. The fraction of sp³-hybridized carbons (Fsp3) is 0.348. The molecule has 0 aliphatic carbocycles. The highest BCUT2D eigenvalue weighted by molar-refractivity contribution is 5.95. The van der Waals surface area contributed by atoms with Crippen LogP contribution in [0.2, 0.25) is 0 Å². The second kappa shape index (κ2) is 10.5. The first kappa shape index (κ1) is 22.1. The van der Waals surface area contributed by atoms with Crippen molar-refractivity contribution in [3.8, 4) is 17.2 Å². The lowest BCUT2D eigenvalue weighted by Gasteiger charge is -2.34. The Bertz CT molecular complexity index is 920. The van der Waals surface area contributed by atoms with Gasteiger partial charge in [0.2, 0.25) is 0 Å². The first-order valence-electron chi connectivity index (χ1n) is 10.2. The Balaban J connectivity index is 1.48. The number of nitrogens with zero attached hydrogens (tertiary/aromatic N) is 2. The summed E-state index contributed by atoms with van der Waals surface area (Å²) in [5.74, 6) is 0.950. The zero-order valence-corrected chi connectivity index (χ0v) is 17.7. The molecule has 0 radical (unpaired) electrons. The zero-order chi connectivity index (χ0) is 22.2. The SMILES string of the molecule is CCOc1ccc(OCC(=O)N2CCN(C(=O)c3cccc(OC(C)=O)c3)CC2)cc1. The molecule has 1 saturated heterocycles. The van der Waals surface area contributed by atoms with Crippen molar-refractivity contribution in [3.63, 3.8) is 0 Å². The van der Waals surface area contributed by atoms with Gasteiger partial charge in [-0.05, 0) is 49.4 Å². The van der Waals surface area contributed by atoms with Gasteiger partial charge in [-0.2, -0.15) is 0 Å². The van der Waals surface area contributed by atoms with Gasteiger partial charge in [0.05, 0.1) is 6.61 Å². The topological polar surface area (TPSA) is 85.4 Å². The highest BCUT2D eigenvalue weighted by atomic mass is 16.5. The highest BCUT2D eigenvalue weighted by Gasteiger charge is 2.25. The van der Waals surface area contributed by atoms with Crippen LogP contribution in [0, 0.1) is 0 Å². The summed E-state index contributed by atoms with van der Waals surface area (Å²) >= 11 is 0. The van der Waals surface area contributed by atoms with E-state index in [-0.39, 0.29) is 18.4 Å². The smallest absolute Gasteiger partial charge is 0.308 e. The van der Waals surface area contributed by atoms with E-state index in [0.29, 0.717) is 49.8 Å². The van der Waals surface area contributed by atoms with Crippen LogP contribution in [0.3, 0.4) is 0 Å². The van der Waals surface area contributed by atoms with E-state index in [4.69, 9.17) is 14.2 Å². The third-order valence-corrected chi connectivity index (χ3v) is 4.76. The fourth-order valence-corrected chi connectivity index (χ4v) is 3.24. The quantitative estimate of drug-likeness (QED) is 0.499. The molecule has 8 heteroatoms. The molecular weight excluding hydrogens is 400 g/mol. The van der Waals surface area contributed by atoms with Crippen LogP contribution in [0.15, 0.2) is 48.5 Å². The van der Waals surface area contributed by atoms with Crippen molar-refractivity contribution in [1.82, 2.24) is 9.80 Å². The molecule has 0 bridgehead atoms. The van der Waals surface area contributed by atoms with Gasteiger partial charge in [0.15, 0.2) is 6.61 Å². The van der Waals surface area contributed by atoms with Crippen molar-refractivity contribution in [2.24, 2.45) is 0 Å². The van der Waals surface area contributed by atoms with Crippen LogP contribution >= 0.6 is 0 Å². The lowest BCUT2D eigenvalue weighted by Crippen LogP contribution is -2.51. The fourth-order valence-electron chi connectivity index (χ4n) is 3.24. The van der Waals surface area contributed by atoms with Gasteiger partial charge < -0.3 is 24.0 Å². The number of esters is 1. The van der Waals surface area contributed by atoms with Gasteiger partial charge in [-0.25, -0.2) is 0 Å². The molecule has 8 nitrogen and oxygen atoms in total. The molecule has 2 amide bonds. The number of piperazine rings is 1. The van der Waals surface area contributed by atoms with E-state index in [1.54, 1.807) is 58.3 Å². The lowest BCUT2D eigenvalue weighted by atomic mass is 10.1. The van der Waals surface area contributed by atoms with Crippen molar-refractivity contribution in [1.29, 1.82) is 0 Å². The maximum Gasteiger partial charge on any atom is 0.308 e. The van der Waals surface area contributed by atoms with Crippen LogP contribution < -0.4 is 14.2 Å². The molecular formula is C23H26N2O6. The maximum absolute atomic E-state index is 12.7. The standard InChI is InChI=1S/C23H26N2O6/c1-3-29-19-7-9-20(10-8-19)30-16-22(27)24-11-13-25(14-12-24)23(28)18-5-4-6-21(15-18)31-17(2)26/h4-10,15H,3,11-14,16H2,1-2H3. The van der Waals surface area contributed by atoms with E-state index in [9.17, 15) is 14.4 Å². The van der Waals surface area contributed by atoms with Gasteiger partial charge in [0.25, 0.3) is 11.8 Å². The van der Waals surface area contributed by atoms with Crippen LogP contribution in [0.25, 0.3) is 0 Å². The van der Waals surface area contributed by atoms with Gasteiger partial charge in [0, 0.05) is 38.7 Å². The highest BCUT2D eigenvalue weighted by Crippen LogP contribution is 2.18. The van der Waals surface area contributed by atoms with Crippen LogP contribution in [-0.2, 0) is 9.59 Å². The summed E-state index contributed by atoms with van der Waals surface area (Å²) in [5.41, 5.74) is 0.442. The summed E-state index contributed by atoms with van der Waals surface area (Å²) in [7, 11) is 0. The van der Waals surface area contributed by atoms with Gasteiger partial charge in [-0.15, -0.1) is 0 Å². The number of hydrogen-bond acceptors (Lipinski definition) is 6. The Morgan fingerprint density at radius 2 is 1.45 bits per heavy atom. The van der Waals surface area contributed by atoms with Gasteiger partial charge >= 0.3 is 5.97 Å². The predicted molar refractivity (Wildman–Crippen MR) is 113 cm³/mol. The monoisotopic (exact) mass is 426 g/mol. The largest absolute Gasteiger partial charge is 0.494 e. The Morgan fingerprint density at radius 1 is 0.839 bits per heavy atom. The van der Waals surface area contributed by atoms with E-state index in [1.165, 1.54) is 6.92 Å². The molecule has 0 N–H and O–H groups in total. The zero-order valence-electron chi connectivity index (χ0n) is 17.7. The minimum absolute atomic E-state index is 0.0631. The first-order chi connectivity index (χ1) is 15.0. The molecule has 0 aromatic heterocycles. The number of rotatable bonds is 7. The van der Waals surface area contributed by atoms with Crippen LogP contribution in [-0.4, -0.2) is 67.0 Å². The van der Waals surface area contributed by atoms with E-state index < -0.39 is 5.97 Å². The van der Waals surface area contributed by atoms with Crippen molar-refractivity contribution in [2.45, 2.75) is 13.8 Å². The number of ether oxygens (including phenoxy) is 3. The Hall–Kier alpha value is -3.55. The number of hydrogen-bond donors (Lipinski definition) is 0. The van der Waals surface area contributed by atoms with E-state index >= 15 is 0 Å². The van der Waals surface area contributed by atoms with Gasteiger partial charge in [-0.1, -0.05) is 6.07 Å². The summed E-state index contributed by atoms with van der Waals surface area (Å²) in [6.07, 6.45) is 0. The lowest BCUT2D eigenvalue weighted by molar-refractivity contribution is -0.135. The summed E-state index contributed by atoms with van der Waals surface area (Å²) in [4.78, 5) is 39.7. The first-order valence-corrected chi connectivity index (χ1v) is 10.2. The molecule has 164 valence electrons. The molecule has 31 heavy (non-hydrogen) atoms. The molecule has 2 aromatic rings. The van der Waals surface area contributed by atoms with E-state index in [0.717, 1.165) is 5.75 Å². The third kappa shape index (κ3) is 6.21. The molecule has 1 heterocycles. The summed E-state index contributed by atoms with van der Waals surface area (Å²) < 4.78 is 16.0. The molecule has 2 aromatic carbocycles. The second-order valence-electron chi connectivity index (χ2n) is 6.99. The normalized spacial score (nSPS) is 13.5. The maximum atomic E-state index is 12.7. The van der Waals surface area contributed by atoms with E-state index in [2.05, 4.69) is 0 Å². The van der Waals surface area contributed by atoms with Crippen LogP contribution in [0.5, 0.6) is 17.2 Å². The predicted octanol–water partition coefficient (Wildman–Crippen LogP) is 2.37. The van der Waals surface area contributed by atoms with Gasteiger partial charge in [0.1, 0.15) is 17.2 Å². The Morgan fingerprint density at radius 3 is 2.06 bits per heavy atom. The van der Waals surface area contributed by atoms with Crippen molar-refractivity contribution in [3.05, 3.63) is 54.1 Å². The number of carbonyl (C=O) groups is 3. The van der Waals surface area contributed by atoms with Crippen LogP contribution in [0.1, 0.15) is 24.2 Å². The van der Waals surface area contributed by atoms with Crippen LogP contribution in [0.4, 0.5) is 0 Å². The number of amides is 2. The van der Waals surface area contributed by atoms with Crippen molar-refractivity contribution < 1.29 is 28.6 Å². The summed E-state index contributed by atoms with van der Waals surface area (Å²) in [6.45, 7) is 5.45.